The van der Waals surface area contributed by atoms with Gasteiger partial charge in [0.25, 0.3) is 0 Å². The van der Waals surface area contributed by atoms with Gasteiger partial charge in [0.2, 0.25) is 15.9 Å². The van der Waals surface area contributed by atoms with E-state index in [2.05, 4.69) is 10.0 Å². The molecule has 1 saturated carbocycles. The Bertz CT molecular complexity index is 968. The molecule has 2 N–H and O–H groups in total. The summed E-state index contributed by atoms with van der Waals surface area (Å²) in [7, 11) is -3.65. The topological polar surface area (TPSA) is 75.3 Å². The van der Waals surface area contributed by atoms with Crippen LogP contribution in [0.1, 0.15) is 61.1 Å². The van der Waals surface area contributed by atoms with Gasteiger partial charge in [-0.15, -0.1) is 0 Å². The number of sulfonamides is 1. The molecular formula is C23H29FN2O3S. The van der Waals surface area contributed by atoms with Gasteiger partial charge in [-0.3, -0.25) is 4.79 Å². The fourth-order valence-corrected chi connectivity index (χ4v) is 4.87. The van der Waals surface area contributed by atoms with Crippen molar-refractivity contribution >= 4 is 15.9 Å². The quantitative estimate of drug-likeness (QED) is 0.658. The minimum Gasteiger partial charge on any atom is -0.352 e. The highest BCUT2D eigenvalue weighted by Gasteiger charge is 2.18. The Kier molecular flexibility index (Phi) is 7.61. The molecule has 0 unspecified atom stereocenters. The van der Waals surface area contributed by atoms with Gasteiger partial charge >= 0.3 is 0 Å². The Morgan fingerprint density at radius 3 is 2.43 bits per heavy atom. The van der Waals surface area contributed by atoms with Gasteiger partial charge in [-0.05, 0) is 60.6 Å². The van der Waals surface area contributed by atoms with E-state index in [-0.39, 0.29) is 36.1 Å². The smallest absolute Gasteiger partial charge is 0.240 e. The first kappa shape index (κ1) is 22.4. The van der Waals surface area contributed by atoms with Gasteiger partial charge in [0.15, 0.2) is 0 Å². The summed E-state index contributed by atoms with van der Waals surface area (Å²) in [4.78, 5) is 12.2. The molecule has 1 amide bonds. The summed E-state index contributed by atoms with van der Waals surface area (Å²) in [5.41, 5.74) is 2.51. The second-order valence-corrected chi connectivity index (χ2v) is 9.68. The number of nitrogens with one attached hydrogen (secondary N) is 2. The summed E-state index contributed by atoms with van der Waals surface area (Å²) in [6.45, 7) is 1.95. The predicted molar refractivity (Wildman–Crippen MR) is 115 cm³/mol. The summed E-state index contributed by atoms with van der Waals surface area (Å²) in [5, 5.41) is 2.72. The van der Waals surface area contributed by atoms with Crippen molar-refractivity contribution in [3.63, 3.8) is 0 Å². The van der Waals surface area contributed by atoms with Crippen LogP contribution in [0.3, 0.4) is 0 Å². The normalized spacial score (nSPS) is 15.1. The van der Waals surface area contributed by atoms with Crippen molar-refractivity contribution < 1.29 is 17.6 Å². The molecule has 1 fully saturated rings. The molecule has 0 bridgehead atoms. The molecule has 2 aromatic carbocycles. The minimum absolute atomic E-state index is 0.0149. The number of carbonyl (C=O) groups excluding carboxylic acids is 1. The molecule has 0 radical (unpaired) electrons. The van der Waals surface area contributed by atoms with Crippen LogP contribution in [0.25, 0.3) is 0 Å². The average molecular weight is 433 g/mol. The van der Waals surface area contributed by atoms with E-state index in [0.717, 1.165) is 18.4 Å². The van der Waals surface area contributed by atoms with Crippen LogP contribution in [0.15, 0.2) is 47.4 Å². The standard InChI is InChI=1S/C23H29FN2O3S/c1-17-15-18(7-12-22(17)24)16-25-23(27)13-14-26-30(28,29)21-10-8-20(9-11-21)19-5-3-2-4-6-19/h7-12,15,19,26H,2-6,13-14,16H2,1H3,(H,25,27). The number of hydrogen-bond acceptors (Lipinski definition) is 3. The van der Waals surface area contributed by atoms with E-state index in [4.69, 9.17) is 0 Å². The Morgan fingerprint density at radius 2 is 1.77 bits per heavy atom. The summed E-state index contributed by atoms with van der Waals surface area (Å²) in [6, 6.07) is 11.7. The van der Waals surface area contributed by atoms with Gasteiger partial charge in [-0.2, -0.15) is 0 Å². The molecule has 0 atom stereocenters. The zero-order valence-electron chi connectivity index (χ0n) is 17.3. The van der Waals surface area contributed by atoms with Crippen LogP contribution in [-0.4, -0.2) is 20.9 Å². The van der Waals surface area contributed by atoms with Crippen LogP contribution in [0.2, 0.25) is 0 Å². The molecule has 0 saturated heterocycles. The maximum absolute atomic E-state index is 13.3. The first-order chi connectivity index (χ1) is 14.3. The Hall–Kier alpha value is -2.25. The third kappa shape index (κ3) is 6.12. The molecule has 1 aliphatic carbocycles. The van der Waals surface area contributed by atoms with Gasteiger partial charge < -0.3 is 5.32 Å². The molecule has 0 aliphatic heterocycles. The average Bonchev–Trinajstić information content (AvgIpc) is 2.75. The van der Waals surface area contributed by atoms with Crippen LogP contribution in [0, 0.1) is 12.7 Å². The van der Waals surface area contributed by atoms with E-state index in [1.54, 1.807) is 31.2 Å². The fraction of sp³-hybridized carbons (Fsp3) is 0.435. The molecule has 0 heterocycles. The minimum atomic E-state index is -3.65. The third-order valence-electron chi connectivity index (χ3n) is 5.62. The first-order valence-electron chi connectivity index (χ1n) is 10.5. The fourth-order valence-electron chi connectivity index (χ4n) is 3.84. The lowest BCUT2D eigenvalue weighted by atomic mass is 9.84. The van der Waals surface area contributed by atoms with Crippen molar-refractivity contribution in [2.24, 2.45) is 0 Å². The van der Waals surface area contributed by atoms with Crippen molar-refractivity contribution in [3.8, 4) is 0 Å². The predicted octanol–water partition coefficient (Wildman–Crippen LogP) is 4.17. The zero-order chi connectivity index (χ0) is 21.6. The van der Waals surface area contributed by atoms with Gasteiger partial charge in [0.05, 0.1) is 4.90 Å². The summed E-state index contributed by atoms with van der Waals surface area (Å²) >= 11 is 0. The molecule has 2 aromatic rings. The Labute approximate surface area is 178 Å². The van der Waals surface area contributed by atoms with Gasteiger partial charge in [0.1, 0.15) is 5.82 Å². The highest BCUT2D eigenvalue weighted by Crippen LogP contribution is 2.32. The van der Waals surface area contributed by atoms with E-state index in [1.165, 1.54) is 30.9 Å². The molecule has 1 aliphatic rings. The number of halogens is 1. The van der Waals surface area contributed by atoms with E-state index in [9.17, 15) is 17.6 Å². The third-order valence-corrected chi connectivity index (χ3v) is 7.10. The van der Waals surface area contributed by atoms with Gasteiger partial charge in [-0.1, -0.05) is 43.5 Å². The molecule has 30 heavy (non-hydrogen) atoms. The number of carbonyl (C=O) groups is 1. The first-order valence-corrected chi connectivity index (χ1v) is 11.9. The summed E-state index contributed by atoms with van der Waals surface area (Å²) < 4.78 is 40.7. The number of rotatable bonds is 8. The van der Waals surface area contributed by atoms with Gasteiger partial charge in [-0.25, -0.2) is 17.5 Å². The van der Waals surface area contributed by atoms with Crippen LogP contribution in [0.5, 0.6) is 0 Å². The maximum atomic E-state index is 13.3. The van der Waals surface area contributed by atoms with E-state index in [0.29, 0.717) is 11.5 Å². The summed E-state index contributed by atoms with van der Waals surface area (Å²) in [6.07, 6.45) is 6.10. The maximum Gasteiger partial charge on any atom is 0.240 e. The molecule has 3 rings (SSSR count). The molecule has 0 aromatic heterocycles. The van der Waals surface area contributed by atoms with Crippen molar-refractivity contribution in [3.05, 3.63) is 65.0 Å². The van der Waals surface area contributed by atoms with E-state index >= 15 is 0 Å². The molecule has 0 spiro atoms. The number of hydrogen-bond donors (Lipinski definition) is 2. The van der Waals surface area contributed by atoms with Crippen LogP contribution < -0.4 is 10.0 Å². The van der Waals surface area contributed by atoms with E-state index in [1.807, 2.05) is 12.1 Å². The molecule has 7 heteroatoms. The number of benzene rings is 2. The lowest BCUT2D eigenvalue weighted by Crippen LogP contribution is -2.30. The molecular weight excluding hydrogens is 403 g/mol. The van der Waals surface area contributed by atoms with Crippen LogP contribution in [0.4, 0.5) is 4.39 Å². The molecule has 162 valence electrons. The highest BCUT2D eigenvalue weighted by atomic mass is 32.2. The lowest BCUT2D eigenvalue weighted by molar-refractivity contribution is -0.121. The summed E-state index contributed by atoms with van der Waals surface area (Å²) in [5.74, 6) is -0.0318. The SMILES string of the molecule is Cc1cc(CNC(=O)CCNS(=O)(=O)c2ccc(C3CCCCC3)cc2)ccc1F. The molecule has 5 nitrogen and oxygen atoms in total. The Balaban J connectivity index is 1.46. The van der Waals surface area contributed by atoms with Crippen molar-refractivity contribution in [2.75, 3.05) is 6.54 Å². The lowest BCUT2D eigenvalue weighted by Gasteiger charge is -2.22. The van der Waals surface area contributed by atoms with Crippen LogP contribution in [-0.2, 0) is 21.4 Å². The van der Waals surface area contributed by atoms with Crippen LogP contribution >= 0.6 is 0 Å². The monoisotopic (exact) mass is 432 g/mol. The number of amides is 1. The highest BCUT2D eigenvalue weighted by molar-refractivity contribution is 7.89. The second kappa shape index (κ2) is 10.2. The second-order valence-electron chi connectivity index (χ2n) is 7.91. The number of aryl methyl sites for hydroxylation is 1. The van der Waals surface area contributed by atoms with Crippen molar-refractivity contribution in [1.82, 2.24) is 10.0 Å². The van der Waals surface area contributed by atoms with Gasteiger partial charge in [0, 0.05) is 19.5 Å². The zero-order valence-corrected chi connectivity index (χ0v) is 18.1. The Morgan fingerprint density at radius 1 is 1.07 bits per heavy atom. The van der Waals surface area contributed by atoms with Crippen molar-refractivity contribution in [1.29, 1.82) is 0 Å². The van der Waals surface area contributed by atoms with E-state index < -0.39 is 10.0 Å². The largest absolute Gasteiger partial charge is 0.352 e. The van der Waals surface area contributed by atoms with Crippen molar-refractivity contribution in [2.45, 2.75) is 62.8 Å².